The zero-order valence-corrected chi connectivity index (χ0v) is 18.1. The predicted octanol–water partition coefficient (Wildman–Crippen LogP) is 2.99. The summed E-state index contributed by atoms with van der Waals surface area (Å²) in [6.45, 7) is 5.26. The molecule has 0 amide bonds. The molecule has 0 aromatic heterocycles. The van der Waals surface area contributed by atoms with Gasteiger partial charge >= 0.3 is 0 Å². The average Bonchev–Trinajstić information content (AvgIpc) is 3.07. The molecule has 1 aliphatic heterocycles. The van der Waals surface area contributed by atoms with Gasteiger partial charge in [0.1, 0.15) is 18.5 Å². The van der Waals surface area contributed by atoms with Crippen LogP contribution in [-0.4, -0.2) is 55.2 Å². The van der Waals surface area contributed by atoms with Gasteiger partial charge in [0.05, 0.1) is 11.5 Å². The molecule has 2 aromatic carbocycles. The number of aryl methyl sites for hydroxylation is 2. The number of aliphatic hydroxyl groups is 1. The van der Waals surface area contributed by atoms with Gasteiger partial charge in [-0.1, -0.05) is 49.4 Å². The smallest absolute Gasteiger partial charge is 0.151 e. The summed E-state index contributed by atoms with van der Waals surface area (Å²) in [5.41, 5.74) is 3.42. The van der Waals surface area contributed by atoms with Gasteiger partial charge in [0.25, 0.3) is 0 Å². The summed E-state index contributed by atoms with van der Waals surface area (Å²) in [6.07, 6.45) is 0.897. The van der Waals surface area contributed by atoms with Gasteiger partial charge in [-0.15, -0.1) is 0 Å². The fraction of sp³-hybridized carbons (Fsp3) is 0.478. The summed E-state index contributed by atoms with van der Waals surface area (Å²) in [5.74, 6) is 1.14. The summed E-state index contributed by atoms with van der Waals surface area (Å²) < 4.78 is 29.8. The SMILES string of the molecule is CCc1ccc(CN(CC(O)COc2ccccc2C)C2CCS(=O)(=O)C2)cc1. The number of para-hydroxylation sites is 1. The highest BCUT2D eigenvalue weighted by molar-refractivity contribution is 7.91. The van der Waals surface area contributed by atoms with Crippen LogP contribution >= 0.6 is 0 Å². The fourth-order valence-electron chi connectivity index (χ4n) is 3.75. The molecule has 0 radical (unpaired) electrons. The van der Waals surface area contributed by atoms with Crippen molar-refractivity contribution in [1.29, 1.82) is 0 Å². The molecule has 5 nitrogen and oxygen atoms in total. The molecule has 2 unspecified atom stereocenters. The van der Waals surface area contributed by atoms with Crippen LogP contribution < -0.4 is 4.74 Å². The van der Waals surface area contributed by atoms with E-state index in [4.69, 9.17) is 4.74 Å². The number of aliphatic hydroxyl groups excluding tert-OH is 1. The van der Waals surface area contributed by atoms with Gasteiger partial charge < -0.3 is 9.84 Å². The molecule has 1 N–H and O–H groups in total. The molecule has 0 spiro atoms. The Morgan fingerprint density at radius 2 is 1.83 bits per heavy atom. The Labute approximate surface area is 174 Å². The molecule has 2 aromatic rings. The molecule has 3 rings (SSSR count). The lowest BCUT2D eigenvalue weighted by Crippen LogP contribution is -2.42. The maximum absolute atomic E-state index is 12.0. The maximum Gasteiger partial charge on any atom is 0.151 e. The fourth-order valence-corrected chi connectivity index (χ4v) is 5.51. The van der Waals surface area contributed by atoms with Gasteiger partial charge in [0, 0.05) is 19.1 Å². The molecular weight excluding hydrogens is 386 g/mol. The standard InChI is InChI=1S/C23H31NO4S/c1-3-19-8-10-20(11-9-19)14-24(21-12-13-29(26,27)17-21)15-22(25)16-28-23-7-5-4-6-18(23)2/h4-11,21-22,25H,3,12-17H2,1-2H3. The Bertz CT molecular complexity index is 895. The molecular formula is C23H31NO4S. The quantitative estimate of drug-likeness (QED) is 0.679. The van der Waals surface area contributed by atoms with Gasteiger partial charge in [-0.3, -0.25) is 4.90 Å². The topological polar surface area (TPSA) is 66.8 Å². The number of rotatable bonds is 9. The predicted molar refractivity (Wildman–Crippen MR) is 116 cm³/mol. The lowest BCUT2D eigenvalue weighted by molar-refractivity contribution is 0.0523. The van der Waals surface area contributed by atoms with Crippen LogP contribution in [0.25, 0.3) is 0 Å². The van der Waals surface area contributed by atoms with Crippen LogP contribution in [0.5, 0.6) is 5.75 Å². The zero-order valence-electron chi connectivity index (χ0n) is 17.3. The van der Waals surface area contributed by atoms with Crippen LogP contribution in [0.2, 0.25) is 0 Å². The monoisotopic (exact) mass is 417 g/mol. The summed E-state index contributed by atoms with van der Waals surface area (Å²) in [7, 11) is -2.99. The average molecular weight is 418 g/mol. The van der Waals surface area contributed by atoms with Crippen molar-refractivity contribution in [1.82, 2.24) is 4.90 Å². The lowest BCUT2D eigenvalue weighted by atomic mass is 10.1. The van der Waals surface area contributed by atoms with Crippen LogP contribution in [0.4, 0.5) is 0 Å². The van der Waals surface area contributed by atoms with E-state index in [9.17, 15) is 13.5 Å². The summed E-state index contributed by atoms with van der Waals surface area (Å²) >= 11 is 0. The normalized spacial score (nSPS) is 19.4. The Morgan fingerprint density at radius 1 is 1.14 bits per heavy atom. The third-order valence-electron chi connectivity index (χ3n) is 5.51. The Kier molecular flexibility index (Phi) is 7.33. The van der Waals surface area contributed by atoms with Crippen LogP contribution in [-0.2, 0) is 22.8 Å². The Balaban J connectivity index is 1.66. The third-order valence-corrected chi connectivity index (χ3v) is 7.26. The van der Waals surface area contributed by atoms with Gasteiger partial charge in [0.15, 0.2) is 9.84 Å². The molecule has 1 aliphatic rings. The highest BCUT2D eigenvalue weighted by atomic mass is 32.2. The zero-order chi connectivity index (χ0) is 20.9. The van der Waals surface area contributed by atoms with Crippen LogP contribution in [0.15, 0.2) is 48.5 Å². The van der Waals surface area contributed by atoms with Gasteiger partial charge in [0.2, 0.25) is 0 Å². The number of hydrogen-bond donors (Lipinski definition) is 1. The third kappa shape index (κ3) is 6.29. The minimum absolute atomic E-state index is 0.0704. The summed E-state index contributed by atoms with van der Waals surface area (Å²) in [6, 6.07) is 16.0. The number of benzene rings is 2. The van der Waals surface area contributed by atoms with E-state index in [1.807, 2.05) is 31.2 Å². The van der Waals surface area contributed by atoms with E-state index in [-0.39, 0.29) is 24.2 Å². The number of hydrogen-bond acceptors (Lipinski definition) is 5. The summed E-state index contributed by atoms with van der Waals surface area (Å²) in [4.78, 5) is 2.09. The second-order valence-electron chi connectivity index (χ2n) is 7.89. The maximum atomic E-state index is 12.0. The first-order valence-electron chi connectivity index (χ1n) is 10.2. The van der Waals surface area contributed by atoms with E-state index < -0.39 is 15.9 Å². The van der Waals surface area contributed by atoms with E-state index in [0.29, 0.717) is 19.5 Å². The molecule has 0 aliphatic carbocycles. The Morgan fingerprint density at radius 3 is 2.45 bits per heavy atom. The van der Waals surface area contributed by atoms with E-state index >= 15 is 0 Å². The molecule has 158 valence electrons. The molecule has 29 heavy (non-hydrogen) atoms. The van der Waals surface area contributed by atoms with Crippen molar-refractivity contribution < 1.29 is 18.3 Å². The summed E-state index contributed by atoms with van der Waals surface area (Å²) in [5, 5.41) is 10.6. The first-order valence-corrected chi connectivity index (χ1v) is 12.1. The van der Waals surface area contributed by atoms with Gasteiger partial charge in [-0.05, 0) is 42.5 Å². The van der Waals surface area contributed by atoms with E-state index in [1.54, 1.807) is 0 Å². The van der Waals surface area contributed by atoms with Crippen molar-refractivity contribution in [2.45, 2.75) is 45.4 Å². The molecule has 0 saturated carbocycles. The highest BCUT2D eigenvalue weighted by Crippen LogP contribution is 2.21. The largest absolute Gasteiger partial charge is 0.491 e. The van der Waals surface area contributed by atoms with Crippen molar-refractivity contribution in [3.63, 3.8) is 0 Å². The second kappa shape index (κ2) is 9.74. The minimum atomic E-state index is -2.99. The van der Waals surface area contributed by atoms with E-state index in [1.165, 1.54) is 5.56 Å². The number of nitrogens with zero attached hydrogens (tertiary/aromatic N) is 1. The highest BCUT2D eigenvalue weighted by Gasteiger charge is 2.33. The van der Waals surface area contributed by atoms with Crippen LogP contribution in [0.1, 0.15) is 30.0 Å². The van der Waals surface area contributed by atoms with Crippen molar-refractivity contribution >= 4 is 9.84 Å². The molecule has 1 fully saturated rings. The molecule has 2 atom stereocenters. The first kappa shape index (κ1) is 21.8. The van der Waals surface area contributed by atoms with Gasteiger partial charge in [-0.25, -0.2) is 8.42 Å². The van der Waals surface area contributed by atoms with Crippen LogP contribution in [0.3, 0.4) is 0 Å². The molecule has 0 bridgehead atoms. The Hall–Kier alpha value is -1.89. The molecule has 1 saturated heterocycles. The number of ether oxygens (including phenoxy) is 1. The molecule has 1 heterocycles. The van der Waals surface area contributed by atoms with E-state index in [2.05, 4.69) is 36.1 Å². The number of sulfone groups is 1. The van der Waals surface area contributed by atoms with Crippen molar-refractivity contribution in [3.8, 4) is 5.75 Å². The second-order valence-corrected chi connectivity index (χ2v) is 10.1. The van der Waals surface area contributed by atoms with E-state index in [0.717, 1.165) is 23.3 Å². The van der Waals surface area contributed by atoms with Crippen molar-refractivity contribution in [2.24, 2.45) is 0 Å². The molecule has 6 heteroatoms. The van der Waals surface area contributed by atoms with Crippen molar-refractivity contribution in [3.05, 3.63) is 65.2 Å². The van der Waals surface area contributed by atoms with Gasteiger partial charge in [-0.2, -0.15) is 0 Å². The minimum Gasteiger partial charge on any atom is -0.491 e. The van der Waals surface area contributed by atoms with Crippen molar-refractivity contribution in [2.75, 3.05) is 24.7 Å². The first-order chi connectivity index (χ1) is 13.9. The van der Waals surface area contributed by atoms with Crippen LogP contribution in [0, 0.1) is 6.92 Å². The lowest BCUT2D eigenvalue weighted by Gasteiger charge is -2.30.